The average Bonchev–Trinajstić information content (AvgIpc) is 2.01. The van der Waals surface area contributed by atoms with E-state index >= 15 is 0 Å². The monoisotopic (exact) mass is 173 g/mol. The van der Waals surface area contributed by atoms with Crippen LogP contribution in [-0.4, -0.2) is 18.4 Å². The summed E-state index contributed by atoms with van der Waals surface area (Å²) < 4.78 is 12.5. The van der Waals surface area contributed by atoms with Crippen LogP contribution in [0.2, 0.25) is 0 Å². The fourth-order valence-electron chi connectivity index (χ4n) is 1.16. The predicted octanol–water partition coefficient (Wildman–Crippen LogP) is 3.39. The van der Waals surface area contributed by atoms with E-state index in [-0.39, 0.29) is 0 Å². The van der Waals surface area contributed by atoms with Crippen LogP contribution in [0.4, 0.5) is 4.39 Å². The van der Waals surface area contributed by atoms with Crippen molar-refractivity contribution in [1.29, 1.82) is 0 Å². The first-order valence-corrected chi connectivity index (χ1v) is 4.86. The summed E-state index contributed by atoms with van der Waals surface area (Å²) in [5.41, 5.74) is 1.18. The molecule has 0 saturated heterocycles. The molecule has 72 valence electrons. The van der Waals surface area contributed by atoms with E-state index in [0.717, 1.165) is 25.8 Å². The molecule has 0 aromatic rings. The van der Waals surface area contributed by atoms with Gasteiger partial charge < -0.3 is 0 Å². The Balaban J connectivity index is 3.71. The van der Waals surface area contributed by atoms with Crippen LogP contribution >= 0.6 is 0 Å². The van der Waals surface area contributed by atoms with Gasteiger partial charge in [0.25, 0.3) is 0 Å². The van der Waals surface area contributed by atoms with Gasteiger partial charge in [-0.25, -0.2) is 4.39 Å². The summed E-state index contributed by atoms with van der Waals surface area (Å²) in [4.78, 5) is 4.34. The van der Waals surface area contributed by atoms with Gasteiger partial charge in [-0.15, -0.1) is 0 Å². The zero-order valence-corrected chi connectivity index (χ0v) is 8.44. The highest BCUT2D eigenvalue weighted by Gasteiger charge is 2.02. The molecule has 0 amide bonds. The molecule has 1 unspecified atom stereocenters. The maximum absolute atomic E-state index is 12.5. The van der Waals surface area contributed by atoms with Crippen LogP contribution in [0.25, 0.3) is 0 Å². The molecule has 0 aliphatic rings. The molecule has 0 aromatic carbocycles. The van der Waals surface area contributed by atoms with Crippen LogP contribution in [0.1, 0.15) is 46.5 Å². The number of alkyl halides is 1. The molecule has 0 spiro atoms. The standard InChI is InChI=1S/C10H20FN/c1-4-6-10(12-5-2)8-7-9(3)11/h9H,4-8H2,1-3H3/b12-10+. The van der Waals surface area contributed by atoms with Gasteiger partial charge in [-0.1, -0.05) is 13.3 Å². The molecule has 1 atom stereocenters. The fraction of sp³-hybridized carbons (Fsp3) is 0.900. The lowest BCUT2D eigenvalue weighted by molar-refractivity contribution is 0.345. The van der Waals surface area contributed by atoms with Crippen molar-refractivity contribution in [2.75, 3.05) is 6.54 Å². The van der Waals surface area contributed by atoms with Crippen LogP contribution in [0.3, 0.4) is 0 Å². The van der Waals surface area contributed by atoms with Crippen molar-refractivity contribution in [2.24, 2.45) is 4.99 Å². The number of rotatable bonds is 6. The third-order valence-corrected chi connectivity index (χ3v) is 1.75. The van der Waals surface area contributed by atoms with E-state index in [4.69, 9.17) is 0 Å². The van der Waals surface area contributed by atoms with Gasteiger partial charge in [0.1, 0.15) is 0 Å². The summed E-state index contributed by atoms with van der Waals surface area (Å²) in [5, 5.41) is 0. The van der Waals surface area contributed by atoms with Crippen LogP contribution in [-0.2, 0) is 0 Å². The lowest BCUT2D eigenvalue weighted by Crippen LogP contribution is -2.03. The van der Waals surface area contributed by atoms with E-state index in [9.17, 15) is 4.39 Å². The van der Waals surface area contributed by atoms with Gasteiger partial charge in [0.05, 0.1) is 6.17 Å². The molecule has 12 heavy (non-hydrogen) atoms. The molecule has 2 heteroatoms. The van der Waals surface area contributed by atoms with Crippen molar-refractivity contribution in [3.63, 3.8) is 0 Å². The Labute approximate surface area is 75.1 Å². The highest BCUT2D eigenvalue weighted by atomic mass is 19.1. The second-order valence-corrected chi connectivity index (χ2v) is 3.11. The highest BCUT2D eigenvalue weighted by Crippen LogP contribution is 2.06. The lowest BCUT2D eigenvalue weighted by atomic mass is 10.1. The third kappa shape index (κ3) is 6.32. The van der Waals surface area contributed by atoms with Crippen molar-refractivity contribution in [1.82, 2.24) is 0 Å². The van der Waals surface area contributed by atoms with E-state index in [1.807, 2.05) is 6.92 Å². The molecule has 0 bridgehead atoms. The van der Waals surface area contributed by atoms with E-state index in [1.165, 1.54) is 5.71 Å². The van der Waals surface area contributed by atoms with E-state index < -0.39 is 6.17 Å². The Morgan fingerprint density at radius 2 is 2.00 bits per heavy atom. The predicted molar refractivity (Wildman–Crippen MR) is 52.7 cm³/mol. The van der Waals surface area contributed by atoms with Gasteiger partial charge >= 0.3 is 0 Å². The van der Waals surface area contributed by atoms with Gasteiger partial charge in [-0.3, -0.25) is 4.99 Å². The van der Waals surface area contributed by atoms with E-state index in [1.54, 1.807) is 6.92 Å². The quantitative estimate of drug-likeness (QED) is 0.546. The highest BCUT2D eigenvalue weighted by molar-refractivity contribution is 5.84. The molecule has 0 radical (unpaired) electrons. The zero-order valence-electron chi connectivity index (χ0n) is 8.44. The molecule has 0 aliphatic heterocycles. The summed E-state index contributed by atoms with van der Waals surface area (Å²) in [6.07, 6.45) is 2.90. The smallest absolute Gasteiger partial charge is 0.0977 e. The number of hydrogen-bond acceptors (Lipinski definition) is 1. The van der Waals surface area contributed by atoms with Crippen molar-refractivity contribution >= 4 is 5.71 Å². The van der Waals surface area contributed by atoms with Crippen molar-refractivity contribution < 1.29 is 4.39 Å². The Kier molecular flexibility index (Phi) is 7.02. The van der Waals surface area contributed by atoms with Crippen LogP contribution in [0, 0.1) is 0 Å². The largest absolute Gasteiger partial charge is 0.294 e. The van der Waals surface area contributed by atoms with E-state index in [2.05, 4.69) is 11.9 Å². The maximum Gasteiger partial charge on any atom is 0.0977 e. The maximum atomic E-state index is 12.5. The first-order valence-electron chi connectivity index (χ1n) is 4.86. The zero-order chi connectivity index (χ0) is 9.40. The summed E-state index contributed by atoms with van der Waals surface area (Å²) in [6.45, 7) is 6.59. The first-order chi connectivity index (χ1) is 5.70. The Morgan fingerprint density at radius 1 is 1.33 bits per heavy atom. The molecule has 0 heterocycles. The van der Waals surface area contributed by atoms with Crippen molar-refractivity contribution in [2.45, 2.75) is 52.6 Å². The molecular weight excluding hydrogens is 153 g/mol. The second-order valence-electron chi connectivity index (χ2n) is 3.11. The van der Waals surface area contributed by atoms with Gasteiger partial charge in [-0.05, 0) is 33.1 Å². The molecule has 0 aliphatic carbocycles. The minimum absolute atomic E-state index is 0.624. The third-order valence-electron chi connectivity index (χ3n) is 1.75. The molecule has 0 aromatic heterocycles. The van der Waals surface area contributed by atoms with Crippen LogP contribution in [0.15, 0.2) is 4.99 Å². The number of hydrogen-bond donors (Lipinski definition) is 0. The number of nitrogens with zero attached hydrogens (tertiary/aromatic N) is 1. The first kappa shape index (κ1) is 11.6. The molecule has 0 saturated carbocycles. The van der Waals surface area contributed by atoms with Gasteiger partial charge in [0, 0.05) is 12.3 Å². The Hall–Kier alpha value is -0.400. The average molecular weight is 173 g/mol. The number of aliphatic imine (C=N–C) groups is 1. The summed E-state index contributed by atoms with van der Waals surface area (Å²) >= 11 is 0. The minimum atomic E-state index is -0.691. The Morgan fingerprint density at radius 3 is 2.42 bits per heavy atom. The Bertz CT molecular complexity index is 130. The van der Waals surface area contributed by atoms with Crippen LogP contribution < -0.4 is 0 Å². The lowest BCUT2D eigenvalue weighted by Gasteiger charge is -2.05. The molecule has 0 N–H and O–H groups in total. The summed E-state index contributed by atoms with van der Waals surface area (Å²) in [5.74, 6) is 0. The van der Waals surface area contributed by atoms with Gasteiger partial charge in [-0.2, -0.15) is 0 Å². The number of halogens is 1. The van der Waals surface area contributed by atoms with Crippen LogP contribution in [0.5, 0.6) is 0 Å². The van der Waals surface area contributed by atoms with Crippen molar-refractivity contribution in [3.05, 3.63) is 0 Å². The fourth-order valence-corrected chi connectivity index (χ4v) is 1.16. The normalized spacial score (nSPS) is 14.8. The second kappa shape index (κ2) is 7.26. The molecular formula is C10H20FN. The molecule has 0 fully saturated rings. The molecule has 0 rings (SSSR count). The van der Waals surface area contributed by atoms with Crippen molar-refractivity contribution in [3.8, 4) is 0 Å². The summed E-state index contributed by atoms with van der Waals surface area (Å²) in [7, 11) is 0. The molecule has 1 nitrogen and oxygen atoms in total. The van der Waals surface area contributed by atoms with E-state index in [0.29, 0.717) is 6.42 Å². The topological polar surface area (TPSA) is 12.4 Å². The summed E-state index contributed by atoms with van der Waals surface area (Å²) in [6, 6.07) is 0. The van der Waals surface area contributed by atoms with Gasteiger partial charge in [0.15, 0.2) is 0 Å². The van der Waals surface area contributed by atoms with Gasteiger partial charge in [0.2, 0.25) is 0 Å². The minimum Gasteiger partial charge on any atom is -0.294 e. The SMILES string of the molecule is CCC/C(CCC(C)F)=N\CC.